The van der Waals surface area contributed by atoms with E-state index in [9.17, 15) is 4.39 Å². The number of hydrogen-bond acceptors (Lipinski definition) is 4. The fourth-order valence-corrected chi connectivity index (χ4v) is 2.17. The van der Waals surface area contributed by atoms with Crippen LogP contribution in [0.4, 0.5) is 10.1 Å². The van der Waals surface area contributed by atoms with Gasteiger partial charge in [0, 0.05) is 40.0 Å². The van der Waals surface area contributed by atoms with Crippen LogP contribution < -0.4 is 10.6 Å². The van der Waals surface area contributed by atoms with E-state index in [1.165, 1.54) is 6.07 Å². The number of halogens is 1. The van der Waals surface area contributed by atoms with Gasteiger partial charge in [-0.2, -0.15) is 0 Å². The van der Waals surface area contributed by atoms with E-state index >= 15 is 0 Å². The molecule has 1 aromatic rings. The fourth-order valence-electron chi connectivity index (χ4n) is 2.17. The van der Waals surface area contributed by atoms with E-state index in [1.807, 2.05) is 17.9 Å². The second kappa shape index (κ2) is 8.89. The van der Waals surface area contributed by atoms with Crippen LogP contribution in [0.5, 0.6) is 0 Å². The van der Waals surface area contributed by atoms with E-state index < -0.39 is 0 Å². The van der Waals surface area contributed by atoms with Gasteiger partial charge in [0.05, 0.1) is 12.3 Å². The molecule has 0 aliphatic rings. The van der Waals surface area contributed by atoms with Gasteiger partial charge in [0.1, 0.15) is 5.82 Å². The SMILES string of the molecule is COCCCN(CCOC)c1c(F)cccc1C(C)N. The van der Waals surface area contributed by atoms with Crippen LogP contribution in [0, 0.1) is 5.82 Å². The Hall–Kier alpha value is -1.17. The van der Waals surface area contributed by atoms with Crippen LogP contribution in [0.25, 0.3) is 0 Å². The predicted molar refractivity (Wildman–Crippen MR) is 79.6 cm³/mol. The van der Waals surface area contributed by atoms with Gasteiger partial charge in [0.2, 0.25) is 0 Å². The molecule has 114 valence electrons. The van der Waals surface area contributed by atoms with Crippen LogP contribution in [-0.4, -0.2) is 40.5 Å². The molecule has 0 saturated carbocycles. The highest BCUT2D eigenvalue weighted by atomic mass is 19.1. The first kappa shape index (κ1) is 16.9. The Morgan fingerprint density at radius 2 is 1.90 bits per heavy atom. The zero-order chi connectivity index (χ0) is 15.0. The van der Waals surface area contributed by atoms with Gasteiger partial charge in [0.25, 0.3) is 0 Å². The Bertz CT molecular complexity index is 399. The summed E-state index contributed by atoms with van der Waals surface area (Å²) in [4.78, 5) is 1.98. The molecule has 0 spiro atoms. The normalized spacial score (nSPS) is 12.4. The average Bonchev–Trinajstić information content (AvgIpc) is 2.43. The smallest absolute Gasteiger partial charge is 0.146 e. The summed E-state index contributed by atoms with van der Waals surface area (Å²) >= 11 is 0. The third-order valence-corrected chi connectivity index (χ3v) is 3.17. The standard InChI is InChI=1S/C15H25FN2O2/c1-12(17)13-6-4-7-14(16)15(13)18(9-11-20-3)8-5-10-19-2/h4,6-7,12H,5,8-11,17H2,1-3H3. The van der Waals surface area contributed by atoms with Gasteiger partial charge in [-0.3, -0.25) is 0 Å². The Morgan fingerprint density at radius 1 is 1.20 bits per heavy atom. The fraction of sp³-hybridized carbons (Fsp3) is 0.600. The molecule has 1 atom stereocenters. The Kier molecular flexibility index (Phi) is 7.51. The number of nitrogens with two attached hydrogens (primary N) is 1. The third kappa shape index (κ3) is 4.74. The quantitative estimate of drug-likeness (QED) is 0.707. The Balaban J connectivity index is 2.98. The van der Waals surface area contributed by atoms with Crippen molar-refractivity contribution in [3.63, 3.8) is 0 Å². The lowest BCUT2D eigenvalue weighted by atomic mass is 10.0. The minimum Gasteiger partial charge on any atom is -0.385 e. The van der Waals surface area contributed by atoms with E-state index in [0.717, 1.165) is 12.0 Å². The molecule has 5 heteroatoms. The molecule has 2 N–H and O–H groups in total. The summed E-state index contributed by atoms with van der Waals surface area (Å²) in [6, 6.07) is 4.82. The maximum atomic E-state index is 14.2. The van der Waals surface area contributed by atoms with Gasteiger partial charge in [-0.1, -0.05) is 12.1 Å². The predicted octanol–water partition coefficient (Wildman–Crippen LogP) is 2.33. The van der Waals surface area contributed by atoms with Crippen molar-refractivity contribution in [3.05, 3.63) is 29.6 Å². The van der Waals surface area contributed by atoms with Crippen LogP contribution in [0.15, 0.2) is 18.2 Å². The summed E-state index contributed by atoms with van der Waals surface area (Å²) < 4.78 is 24.4. The summed E-state index contributed by atoms with van der Waals surface area (Å²) in [6.45, 7) is 4.38. The Morgan fingerprint density at radius 3 is 2.50 bits per heavy atom. The van der Waals surface area contributed by atoms with E-state index in [0.29, 0.717) is 32.0 Å². The summed E-state index contributed by atoms with van der Waals surface area (Å²) in [7, 11) is 3.30. The first-order valence-electron chi connectivity index (χ1n) is 6.88. The van der Waals surface area contributed by atoms with Crippen LogP contribution in [0.1, 0.15) is 24.9 Å². The molecule has 20 heavy (non-hydrogen) atoms. The molecule has 1 unspecified atom stereocenters. The highest BCUT2D eigenvalue weighted by Gasteiger charge is 2.17. The maximum absolute atomic E-state index is 14.2. The lowest BCUT2D eigenvalue weighted by Gasteiger charge is -2.28. The van der Waals surface area contributed by atoms with Gasteiger partial charge in [-0.25, -0.2) is 4.39 Å². The lowest BCUT2D eigenvalue weighted by Crippen LogP contribution is -2.31. The second-order valence-corrected chi connectivity index (χ2v) is 4.79. The molecule has 0 radical (unpaired) electrons. The number of anilines is 1. The Labute approximate surface area is 120 Å². The molecular formula is C15H25FN2O2. The lowest BCUT2D eigenvalue weighted by molar-refractivity contribution is 0.190. The number of nitrogens with zero attached hydrogens (tertiary/aromatic N) is 1. The van der Waals surface area contributed by atoms with Gasteiger partial charge in [-0.15, -0.1) is 0 Å². The van der Waals surface area contributed by atoms with Crippen molar-refractivity contribution in [2.75, 3.05) is 45.4 Å². The first-order valence-corrected chi connectivity index (χ1v) is 6.88. The summed E-state index contributed by atoms with van der Waals surface area (Å²) in [5.74, 6) is -0.242. The molecule has 1 aromatic carbocycles. The largest absolute Gasteiger partial charge is 0.385 e. The number of para-hydroxylation sites is 1. The first-order chi connectivity index (χ1) is 9.61. The molecule has 0 saturated heterocycles. The number of ether oxygens (including phenoxy) is 2. The molecule has 1 rings (SSSR count). The van der Waals surface area contributed by atoms with Crippen molar-refractivity contribution >= 4 is 5.69 Å². The highest BCUT2D eigenvalue weighted by Crippen LogP contribution is 2.28. The number of rotatable bonds is 9. The minimum absolute atomic E-state index is 0.215. The van der Waals surface area contributed by atoms with Crippen LogP contribution >= 0.6 is 0 Å². The summed E-state index contributed by atoms with van der Waals surface area (Å²) in [5, 5.41) is 0. The van der Waals surface area contributed by atoms with Crippen molar-refractivity contribution in [2.45, 2.75) is 19.4 Å². The molecule has 0 fully saturated rings. The molecule has 4 nitrogen and oxygen atoms in total. The van der Waals surface area contributed by atoms with Crippen molar-refractivity contribution in [3.8, 4) is 0 Å². The van der Waals surface area contributed by atoms with Crippen LogP contribution in [-0.2, 0) is 9.47 Å². The third-order valence-electron chi connectivity index (χ3n) is 3.17. The number of benzene rings is 1. The summed E-state index contributed by atoms with van der Waals surface area (Å²) in [5.41, 5.74) is 7.35. The molecular weight excluding hydrogens is 259 g/mol. The molecule has 0 aliphatic carbocycles. The van der Waals surface area contributed by atoms with Crippen molar-refractivity contribution in [2.24, 2.45) is 5.73 Å². The monoisotopic (exact) mass is 284 g/mol. The number of methoxy groups -OCH3 is 2. The van der Waals surface area contributed by atoms with E-state index in [2.05, 4.69) is 0 Å². The average molecular weight is 284 g/mol. The maximum Gasteiger partial charge on any atom is 0.146 e. The van der Waals surface area contributed by atoms with Crippen molar-refractivity contribution in [1.82, 2.24) is 0 Å². The van der Waals surface area contributed by atoms with E-state index in [1.54, 1.807) is 20.3 Å². The van der Waals surface area contributed by atoms with Gasteiger partial charge in [-0.05, 0) is 25.0 Å². The van der Waals surface area contributed by atoms with E-state index in [-0.39, 0.29) is 11.9 Å². The molecule has 0 bridgehead atoms. The molecule has 0 amide bonds. The van der Waals surface area contributed by atoms with Crippen molar-refractivity contribution in [1.29, 1.82) is 0 Å². The zero-order valence-corrected chi connectivity index (χ0v) is 12.6. The number of hydrogen-bond donors (Lipinski definition) is 1. The molecule has 0 aliphatic heterocycles. The topological polar surface area (TPSA) is 47.7 Å². The van der Waals surface area contributed by atoms with Crippen LogP contribution in [0.2, 0.25) is 0 Å². The van der Waals surface area contributed by atoms with Crippen molar-refractivity contribution < 1.29 is 13.9 Å². The highest BCUT2D eigenvalue weighted by molar-refractivity contribution is 5.56. The van der Waals surface area contributed by atoms with Gasteiger partial charge in [0.15, 0.2) is 0 Å². The summed E-state index contributed by atoms with van der Waals surface area (Å²) in [6.07, 6.45) is 0.826. The van der Waals surface area contributed by atoms with Gasteiger partial charge < -0.3 is 20.1 Å². The van der Waals surface area contributed by atoms with Gasteiger partial charge >= 0.3 is 0 Å². The van der Waals surface area contributed by atoms with E-state index in [4.69, 9.17) is 15.2 Å². The zero-order valence-electron chi connectivity index (χ0n) is 12.6. The molecule has 0 heterocycles. The second-order valence-electron chi connectivity index (χ2n) is 4.79. The molecule has 0 aromatic heterocycles. The minimum atomic E-state index is -0.242. The van der Waals surface area contributed by atoms with Crippen LogP contribution in [0.3, 0.4) is 0 Å².